The summed E-state index contributed by atoms with van der Waals surface area (Å²) >= 11 is 0. The van der Waals surface area contributed by atoms with Crippen molar-refractivity contribution in [3.8, 4) is 5.69 Å². The highest BCUT2D eigenvalue weighted by Gasteiger charge is 2.41. The Bertz CT molecular complexity index is 696. The largest absolute Gasteiger partial charge is 0.481 e. The first kappa shape index (κ1) is 15.3. The molecule has 0 bridgehead atoms. The molecule has 1 amide bonds. The van der Waals surface area contributed by atoms with Crippen molar-refractivity contribution in [1.82, 2.24) is 15.1 Å². The summed E-state index contributed by atoms with van der Waals surface area (Å²) < 4.78 is 1.80. The molecule has 23 heavy (non-hydrogen) atoms. The molecule has 6 heteroatoms. The fourth-order valence-electron chi connectivity index (χ4n) is 2.78. The SMILES string of the molecule is O=C(O)C1CCC1C(=O)NCCc1cnn(-c2ccccc2)c1. The fourth-order valence-corrected chi connectivity index (χ4v) is 2.78. The van der Waals surface area contributed by atoms with Gasteiger partial charge in [0.25, 0.3) is 0 Å². The average Bonchev–Trinajstić information content (AvgIpc) is 2.95. The van der Waals surface area contributed by atoms with Crippen molar-refractivity contribution in [3.05, 3.63) is 48.3 Å². The molecule has 1 saturated carbocycles. The summed E-state index contributed by atoms with van der Waals surface area (Å²) in [5.74, 6) is -1.92. The Labute approximate surface area is 134 Å². The lowest BCUT2D eigenvalue weighted by Gasteiger charge is -2.31. The van der Waals surface area contributed by atoms with Gasteiger partial charge in [-0.25, -0.2) is 4.68 Å². The summed E-state index contributed by atoms with van der Waals surface area (Å²) in [6.07, 6.45) is 5.64. The van der Waals surface area contributed by atoms with Crippen LogP contribution in [-0.2, 0) is 16.0 Å². The Kier molecular flexibility index (Phi) is 4.41. The number of benzene rings is 1. The van der Waals surface area contributed by atoms with Gasteiger partial charge in [0.2, 0.25) is 5.91 Å². The predicted octanol–water partition coefficient (Wildman–Crippen LogP) is 1.64. The number of rotatable bonds is 6. The average molecular weight is 313 g/mol. The number of carboxylic acid groups (broad SMARTS) is 1. The van der Waals surface area contributed by atoms with E-state index < -0.39 is 11.9 Å². The van der Waals surface area contributed by atoms with Gasteiger partial charge < -0.3 is 10.4 Å². The Morgan fingerprint density at radius 1 is 1.22 bits per heavy atom. The van der Waals surface area contributed by atoms with Gasteiger partial charge in [-0.3, -0.25) is 9.59 Å². The standard InChI is InChI=1S/C17H19N3O3/c21-16(14-6-7-15(14)17(22)23)18-9-8-12-10-19-20(11-12)13-4-2-1-3-5-13/h1-5,10-11,14-15H,6-9H2,(H,18,21)(H,22,23). The molecule has 0 radical (unpaired) electrons. The van der Waals surface area contributed by atoms with Crippen LogP contribution in [0.4, 0.5) is 0 Å². The molecule has 0 spiro atoms. The lowest BCUT2D eigenvalue weighted by atomic mass is 9.73. The van der Waals surface area contributed by atoms with E-state index in [0.29, 0.717) is 25.8 Å². The van der Waals surface area contributed by atoms with Crippen LogP contribution < -0.4 is 5.32 Å². The molecule has 1 aliphatic carbocycles. The van der Waals surface area contributed by atoms with Crippen molar-refractivity contribution < 1.29 is 14.7 Å². The van der Waals surface area contributed by atoms with Crippen LogP contribution in [-0.4, -0.2) is 33.3 Å². The summed E-state index contributed by atoms with van der Waals surface area (Å²) in [7, 11) is 0. The minimum atomic E-state index is -0.875. The van der Waals surface area contributed by atoms with E-state index >= 15 is 0 Å². The monoisotopic (exact) mass is 313 g/mol. The zero-order valence-corrected chi connectivity index (χ0v) is 12.7. The minimum absolute atomic E-state index is 0.154. The molecule has 1 aromatic carbocycles. The van der Waals surface area contributed by atoms with E-state index in [-0.39, 0.29) is 11.8 Å². The molecule has 0 aliphatic heterocycles. The van der Waals surface area contributed by atoms with Gasteiger partial charge in [0.15, 0.2) is 0 Å². The smallest absolute Gasteiger partial charge is 0.307 e. The maximum absolute atomic E-state index is 12.0. The summed E-state index contributed by atoms with van der Waals surface area (Å²) in [4.78, 5) is 22.9. The second-order valence-corrected chi connectivity index (χ2v) is 5.80. The van der Waals surface area contributed by atoms with Gasteiger partial charge in [0.1, 0.15) is 0 Å². The van der Waals surface area contributed by atoms with Crippen LogP contribution >= 0.6 is 0 Å². The van der Waals surface area contributed by atoms with Crippen LogP contribution in [0.1, 0.15) is 18.4 Å². The highest BCUT2D eigenvalue weighted by molar-refractivity contribution is 5.86. The summed E-state index contributed by atoms with van der Waals surface area (Å²) in [5, 5.41) is 16.1. The molecule has 120 valence electrons. The number of nitrogens with one attached hydrogen (secondary N) is 1. The zero-order valence-electron chi connectivity index (χ0n) is 12.7. The molecule has 2 atom stereocenters. The Morgan fingerprint density at radius 3 is 2.61 bits per heavy atom. The van der Waals surface area contributed by atoms with Crippen LogP contribution in [0.5, 0.6) is 0 Å². The van der Waals surface area contributed by atoms with Crippen LogP contribution in [0.15, 0.2) is 42.7 Å². The molecule has 1 heterocycles. The van der Waals surface area contributed by atoms with E-state index in [2.05, 4.69) is 10.4 Å². The number of amides is 1. The molecule has 0 saturated heterocycles. The first-order valence-electron chi connectivity index (χ1n) is 7.74. The lowest BCUT2D eigenvalue weighted by Crippen LogP contribution is -2.44. The molecule has 1 aliphatic rings. The van der Waals surface area contributed by atoms with Crippen LogP contribution in [0.2, 0.25) is 0 Å². The number of nitrogens with zero attached hydrogens (tertiary/aromatic N) is 2. The molecule has 2 aromatic rings. The van der Waals surface area contributed by atoms with Gasteiger partial charge >= 0.3 is 5.97 Å². The Balaban J connectivity index is 1.49. The number of hydrogen-bond acceptors (Lipinski definition) is 3. The third-order valence-electron chi connectivity index (χ3n) is 4.30. The molecular formula is C17H19N3O3. The maximum Gasteiger partial charge on any atom is 0.307 e. The summed E-state index contributed by atoms with van der Waals surface area (Å²) in [6, 6.07) is 9.81. The number of hydrogen-bond donors (Lipinski definition) is 2. The fraction of sp³-hybridized carbons (Fsp3) is 0.353. The topological polar surface area (TPSA) is 84.2 Å². The van der Waals surface area contributed by atoms with Crippen LogP contribution in [0.25, 0.3) is 5.69 Å². The molecular weight excluding hydrogens is 294 g/mol. The van der Waals surface area contributed by atoms with Gasteiger partial charge in [-0.2, -0.15) is 5.10 Å². The second kappa shape index (κ2) is 6.64. The van der Waals surface area contributed by atoms with E-state index in [1.54, 1.807) is 10.9 Å². The van der Waals surface area contributed by atoms with E-state index in [9.17, 15) is 9.59 Å². The number of aromatic nitrogens is 2. The second-order valence-electron chi connectivity index (χ2n) is 5.80. The van der Waals surface area contributed by atoms with Gasteiger partial charge in [-0.05, 0) is 37.0 Å². The van der Waals surface area contributed by atoms with Crippen molar-refractivity contribution in [3.63, 3.8) is 0 Å². The maximum atomic E-state index is 12.0. The van der Waals surface area contributed by atoms with Crippen LogP contribution in [0, 0.1) is 11.8 Å². The number of carbonyl (C=O) groups is 2. The zero-order chi connectivity index (χ0) is 16.2. The highest BCUT2D eigenvalue weighted by atomic mass is 16.4. The Hall–Kier alpha value is -2.63. The molecule has 3 rings (SSSR count). The molecule has 2 N–H and O–H groups in total. The van der Waals surface area contributed by atoms with Gasteiger partial charge in [0, 0.05) is 12.7 Å². The lowest BCUT2D eigenvalue weighted by molar-refractivity contribution is -0.152. The normalized spacial score (nSPS) is 19.8. The molecule has 6 nitrogen and oxygen atoms in total. The van der Waals surface area contributed by atoms with Gasteiger partial charge in [-0.1, -0.05) is 18.2 Å². The Morgan fingerprint density at radius 2 is 1.96 bits per heavy atom. The van der Waals surface area contributed by atoms with Gasteiger partial charge in [0.05, 0.1) is 23.7 Å². The minimum Gasteiger partial charge on any atom is -0.481 e. The van der Waals surface area contributed by atoms with E-state index in [1.165, 1.54) is 0 Å². The van der Waals surface area contributed by atoms with E-state index in [1.807, 2.05) is 36.5 Å². The molecule has 1 aromatic heterocycles. The van der Waals surface area contributed by atoms with Crippen molar-refractivity contribution >= 4 is 11.9 Å². The molecule has 1 fully saturated rings. The van der Waals surface area contributed by atoms with Crippen molar-refractivity contribution in [2.45, 2.75) is 19.3 Å². The number of carboxylic acids is 1. The third-order valence-corrected chi connectivity index (χ3v) is 4.30. The molecule has 2 unspecified atom stereocenters. The summed E-state index contributed by atoms with van der Waals surface area (Å²) in [5.41, 5.74) is 2.01. The highest BCUT2D eigenvalue weighted by Crippen LogP contribution is 2.34. The van der Waals surface area contributed by atoms with Crippen molar-refractivity contribution in [2.75, 3.05) is 6.54 Å². The third kappa shape index (κ3) is 3.41. The van der Waals surface area contributed by atoms with E-state index in [0.717, 1.165) is 11.3 Å². The first-order chi connectivity index (χ1) is 11.1. The number of para-hydroxylation sites is 1. The van der Waals surface area contributed by atoms with Crippen molar-refractivity contribution in [2.24, 2.45) is 11.8 Å². The van der Waals surface area contributed by atoms with Crippen LogP contribution in [0.3, 0.4) is 0 Å². The van der Waals surface area contributed by atoms with E-state index in [4.69, 9.17) is 5.11 Å². The number of aliphatic carboxylic acids is 1. The number of carbonyl (C=O) groups excluding carboxylic acids is 1. The van der Waals surface area contributed by atoms with Crippen molar-refractivity contribution in [1.29, 1.82) is 0 Å². The van der Waals surface area contributed by atoms with Gasteiger partial charge in [-0.15, -0.1) is 0 Å². The quantitative estimate of drug-likeness (QED) is 0.849. The summed E-state index contributed by atoms with van der Waals surface area (Å²) in [6.45, 7) is 0.488. The predicted molar refractivity (Wildman–Crippen MR) is 84.1 cm³/mol. The first-order valence-corrected chi connectivity index (χ1v) is 7.74.